The molecule has 7 nitrogen and oxygen atoms in total. The maximum Gasteiger partial charge on any atom is 0.203 e. The first-order chi connectivity index (χ1) is 18.6. The number of anilines is 1. The molecule has 4 aromatic rings. The Hall–Kier alpha value is -3.36. The highest BCUT2D eigenvalue weighted by atomic mass is 79.9. The zero-order valence-electron chi connectivity index (χ0n) is 22.1. The predicted molar refractivity (Wildman–Crippen MR) is 156 cm³/mol. The Bertz CT molecular complexity index is 1360. The molecule has 1 aliphatic heterocycles. The van der Waals surface area contributed by atoms with Gasteiger partial charge in [-0.25, -0.2) is 0 Å². The van der Waals surface area contributed by atoms with Crippen molar-refractivity contribution in [2.75, 3.05) is 59.0 Å². The van der Waals surface area contributed by atoms with Crippen LogP contribution in [-0.4, -0.2) is 63.9 Å². The van der Waals surface area contributed by atoms with Crippen molar-refractivity contribution in [3.05, 3.63) is 70.8 Å². The average molecular weight is 581 g/mol. The number of hydrogen-bond acceptors (Lipinski definition) is 6. The molecule has 5 rings (SSSR count). The minimum absolute atomic E-state index is 0.546. The zero-order valence-corrected chi connectivity index (χ0v) is 23.7. The standard InChI is InChI=1S/C30H34BrN3O4/c1-35-28-18-23(19-29(36-2)30(28)37-3)38-27-9-5-4-8-26(27)34-15-13-33(14-16-34)12-6-7-21-20-32-25-11-10-22(31)17-24(21)25/h4-5,8-11,17-20,32H,6-7,12-16H2,1-3H3. The van der Waals surface area contributed by atoms with Gasteiger partial charge in [0.05, 0.1) is 27.0 Å². The third-order valence-corrected chi connectivity index (χ3v) is 7.59. The number of aryl methyl sites for hydroxylation is 1. The number of aromatic amines is 1. The Morgan fingerprint density at radius 1 is 0.842 bits per heavy atom. The summed E-state index contributed by atoms with van der Waals surface area (Å²) in [6, 6.07) is 18.2. The lowest BCUT2D eigenvalue weighted by Crippen LogP contribution is -2.46. The molecule has 0 bridgehead atoms. The molecule has 1 aliphatic rings. The van der Waals surface area contributed by atoms with E-state index in [1.807, 2.05) is 24.3 Å². The second-order valence-electron chi connectivity index (χ2n) is 9.37. The zero-order chi connectivity index (χ0) is 26.5. The Kier molecular flexibility index (Phi) is 8.29. The summed E-state index contributed by atoms with van der Waals surface area (Å²) < 4.78 is 23.9. The van der Waals surface area contributed by atoms with E-state index in [9.17, 15) is 0 Å². The van der Waals surface area contributed by atoms with E-state index in [-0.39, 0.29) is 0 Å². The highest BCUT2D eigenvalue weighted by molar-refractivity contribution is 9.10. The van der Waals surface area contributed by atoms with E-state index in [2.05, 4.69) is 67.2 Å². The van der Waals surface area contributed by atoms with E-state index in [0.717, 1.165) is 61.5 Å². The molecule has 0 aliphatic carbocycles. The lowest BCUT2D eigenvalue weighted by atomic mass is 10.1. The number of hydrogen-bond donors (Lipinski definition) is 1. The molecule has 38 heavy (non-hydrogen) atoms. The molecule has 0 saturated carbocycles. The molecule has 0 atom stereocenters. The third kappa shape index (κ3) is 5.71. The number of nitrogens with zero attached hydrogens (tertiary/aromatic N) is 2. The second-order valence-corrected chi connectivity index (χ2v) is 10.3. The predicted octanol–water partition coefficient (Wildman–Crippen LogP) is 6.50. The Morgan fingerprint density at radius 2 is 1.58 bits per heavy atom. The van der Waals surface area contributed by atoms with E-state index in [1.54, 1.807) is 21.3 Å². The highest BCUT2D eigenvalue weighted by Crippen LogP contribution is 2.43. The van der Waals surface area contributed by atoms with Crippen LogP contribution in [0.3, 0.4) is 0 Å². The van der Waals surface area contributed by atoms with Gasteiger partial charge in [0.15, 0.2) is 17.2 Å². The summed E-state index contributed by atoms with van der Waals surface area (Å²) >= 11 is 3.60. The van der Waals surface area contributed by atoms with E-state index in [0.29, 0.717) is 23.0 Å². The van der Waals surface area contributed by atoms with Crippen molar-refractivity contribution in [2.45, 2.75) is 12.8 Å². The largest absolute Gasteiger partial charge is 0.493 e. The Morgan fingerprint density at radius 3 is 2.29 bits per heavy atom. The molecule has 3 aromatic carbocycles. The fraction of sp³-hybridized carbons (Fsp3) is 0.333. The molecule has 1 saturated heterocycles. The Labute approximate surface area is 232 Å². The van der Waals surface area contributed by atoms with Gasteiger partial charge in [0.25, 0.3) is 0 Å². The van der Waals surface area contributed by atoms with Crippen molar-refractivity contribution in [3.8, 4) is 28.7 Å². The van der Waals surface area contributed by atoms with Crippen LogP contribution < -0.4 is 23.8 Å². The molecule has 0 unspecified atom stereocenters. The number of aromatic nitrogens is 1. The first-order valence-corrected chi connectivity index (χ1v) is 13.7. The van der Waals surface area contributed by atoms with Gasteiger partial charge < -0.3 is 28.8 Å². The van der Waals surface area contributed by atoms with Crippen molar-refractivity contribution >= 4 is 32.5 Å². The van der Waals surface area contributed by atoms with Gasteiger partial charge >= 0.3 is 0 Å². The molecule has 1 N–H and O–H groups in total. The third-order valence-electron chi connectivity index (χ3n) is 7.09. The van der Waals surface area contributed by atoms with Crippen LogP contribution >= 0.6 is 15.9 Å². The van der Waals surface area contributed by atoms with Crippen LogP contribution in [0.5, 0.6) is 28.7 Å². The summed E-state index contributed by atoms with van der Waals surface area (Å²) in [6.07, 6.45) is 4.36. The maximum absolute atomic E-state index is 6.35. The summed E-state index contributed by atoms with van der Waals surface area (Å²) in [5, 5.41) is 1.31. The molecule has 2 heterocycles. The number of fused-ring (bicyclic) bond motifs is 1. The Balaban J connectivity index is 1.20. The van der Waals surface area contributed by atoms with Crippen LogP contribution in [0.1, 0.15) is 12.0 Å². The van der Waals surface area contributed by atoms with Crippen molar-refractivity contribution in [2.24, 2.45) is 0 Å². The summed E-state index contributed by atoms with van der Waals surface area (Å²) in [5.74, 6) is 3.11. The molecule has 0 radical (unpaired) electrons. The van der Waals surface area contributed by atoms with Gasteiger partial charge in [0.1, 0.15) is 5.75 Å². The summed E-state index contributed by atoms with van der Waals surface area (Å²) in [4.78, 5) is 8.36. The molecule has 8 heteroatoms. The van der Waals surface area contributed by atoms with Gasteiger partial charge in [0, 0.05) is 59.9 Å². The average Bonchev–Trinajstić information content (AvgIpc) is 3.35. The summed E-state index contributed by atoms with van der Waals surface area (Å²) in [7, 11) is 4.80. The number of H-pyrrole nitrogens is 1. The number of halogens is 1. The molecule has 0 amide bonds. The summed E-state index contributed by atoms with van der Waals surface area (Å²) in [6.45, 7) is 5.05. The molecular formula is C30H34BrN3O4. The number of nitrogens with one attached hydrogen (secondary N) is 1. The first kappa shape index (κ1) is 26.3. The van der Waals surface area contributed by atoms with Crippen molar-refractivity contribution < 1.29 is 18.9 Å². The van der Waals surface area contributed by atoms with Crippen molar-refractivity contribution in [3.63, 3.8) is 0 Å². The molecule has 1 aromatic heterocycles. The van der Waals surface area contributed by atoms with E-state index < -0.39 is 0 Å². The van der Waals surface area contributed by atoms with Crippen LogP contribution in [-0.2, 0) is 6.42 Å². The molecule has 200 valence electrons. The van der Waals surface area contributed by atoms with Gasteiger partial charge in [-0.15, -0.1) is 0 Å². The van der Waals surface area contributed by atoms with Gasteiger partial charge in [0.2, 0.25) is 5.75 Å². The van der Waals surface area contributed by atoms with Crippen LogP contribution in [0.15, 0.2) is 65.3 Å². The second kappa shape index (κ2) is 12.0. The fourth-order valence-corrected chi connectivity index (χ4v) is 5.47. The first-order valence-electron chi connectivity index (χ1n) is 12.9. The number of rotatable bonds is 10. The number of para-hydroxylation sites is 2. The van der Waals surface area contributed by atoms with E-state index in [1.165, 1.54) is 16.5 Å². The van der Waals surface area contributed by atoms with Crippen LogP contribution in [0, 0.1) is 0 Å². The van der Waals surface area contributed by atoms with E-state index >= 15 is 0 Å². The number of benzene rings is 3. The lowest BCUT2D eigenvalue weighted by molar-refractivity contribution is 0.254. The van der Waals surface area contributed by atoms with Gasteiger partial charge in [-0.3, -0.25) is 4.90 Å². The maximum atomic E-state index is 6.35. The number of piperazine rings is 1. The minimum atomic E-state index is 0.546. The highest BCUT2D eigenvalue weighted by Gasteiger charge is 2.21. The summed E-state index contributed by atoms with van der Waals surface area (Å²) in [5.41, 5.74) is 3.67. The van der Waals surface area contributed by atoms with Crippen LogP contribution in [0.25, 0.3) is 10.9 Å². The van der Waals surface area contributed by atoms with Crippen molar-refractivity contribution in [1.29, 1.82) is 0 Å². The monoisotopic (exact) mass is 579 g/mol. The number of ether oxygens (including phenoxy) is 4. The van der Waals surface area contributed by atoms with Crippen LogP contribution in [0.4, 0.5) is 5.69 Å². The minimum Gasteiger partial charge on any atom is -0.493 e. The molecule has 0 spiro atoms. The molecular weight excluding hydrogens is 546 g/mol. The quantitative estimate of drug-likeness (QED) is 0.231. The molecule has 1 fully saturated rings. The van der Waals surface area contributed by atoms with E-state index in [4.69, 9.17) is 18.9 Å². The normalized spacial score (nSPS) is 14.1. The lowest BCUT2D eigenvalue weighted by Gasteiger charge is -2.36. The smallest absolute Gasteiger partial charge is 0.203 e. The fourth-order valence-electron chi connectivity index (χ4n) is 5.11. The van der Waals surface area contributed by atoms with Crippen molar-refractivity contribution in [1.82, 2.24) is 9.88 Å². The van der Waals surface area contributed by atoms with Crippen LogP contribution in [0.2, 0.25) is 0 Å². The topological polar surface area (TPSA) is 59.2 Å². The SMILES string of the molecule is COc1cc(Oc2ccccc2N2CCN(CCCc3c[nH]c4ccc(Br)cc34)CC2)cc(OC)c1OC. The van der Waals surface area contributed by atoms with Gasteiger partial charge in [-0.2, -0.15) is 0 Å². The number of methoxy groups -OCH3 is 3. The van der Waals surface area contributed by atoms with Gasteiger partial charge in [-0.05, 0) is 55.3 Å². The van der Waals surface area contributed by atoms with Gasteiger partial charge in [-0.1, -0.05) is 28.1 Å².